The summed E-state index contributed by atoms with van der Waals surface area (Å²) in [5.74, 6) is -0.0735. The molecule has 0 spiro atoms. The topological polar surface area (TPSA) is 87.0 Å². The van der Waals surface area contributed by atoms with Crippen LogP contribution >= 0.6 is 11.6 Å². The Labute approximate surface area is 148 Å². The highest BCUT2D eigenvalue weighted by Gasteiger charge is 2.28. The highest BCUT2D eigenvalue weighted by molar-refractivity contribution is 6.31. The maximum absolute atomic E-state index is 13.5. The Morgan fingerprint density at radius 2 is 1.92 bits per heavy atom. The molecular formula is C18H16ClFN4O. The molecule has 4 N–H and O–H groups in total. The highest BCUT2D eigenvalue weighted by Crippen LogP contribution is 2.47. The van der Waals surface area contributed by atoms with Crippen molar-refractivity contribution < 1.29 is 9.13 Å². The van der Waals surface area contributed by atoms with Gasteiger partial charge in [-0.25, -0.2) is 4.39 Å². The molecule has 0 atom stereocenters. The van der Waals surface area contributed by atoms with E-state index in [2.05, 4.69) is 9.97 Å². The first-order valence-electron chi connectivity index (χ1n) is 7.88. The van der Waals surface area contributed by atoms with Gasteiger partial charge in [0.1, 0.15) is 5.82 Å². The van der Waals surface area contributed by atoms with Crippen molar-refractivity contribution in [2.75, 3.05) is 18.6 Å². The maximum Gasteiger partial charge on any atom is 0.317 e. The molecule has 128 valence electrons. The Bertz CT molecular complexity index is 1000. The normalized spacial score (nSPS) is 14.0. The van der Waals surface area contributed by atoms with Crippen molar-refractivity contribution in [3.8, 4) is 17.3 Å². The molecule has 1 aromatic heterocycles. The number of fused-ring (bicyclic) bond motifs is 1. The van der Waals surface area contributed by atoms with E-state index in [1.54, 1.807) is 6.07 Å². The summed E-state index contributed by atoms with van der Waals surface area (Å²) in [5.41, 5.74) is 16.4. The Morgan fingerprint density at radius 1 is 1.16 bits per heavy atom. The Morgan fingerprint density at radius 3 is 2.56 bits per heavy atom. The van der Waals surface area contributed by atoms with E-state index >= 15 is 0 Å². The lowest BCUT2D eigenvalue weighted by Crippen LogP contribution is -2.04. The number of nitrogen functional groups attached to an aromatic ring is 2. The van der Waals surface area contributed by atoms with E-state index in [1.807, 2.05) is 6.07 Å². The molecule has 0 aliphatic heterocycles. The highest BCUT2D eigenvalue weighted by atomic mass is 35.5. The number of anilines is 2. The van der Waals surface area contributed by atoms with E-state index in [4.69, 9.17) is 27.8 Å². The van der Waals surface area contributed by atoms with Gasteiger partial charge in [-0.15, -0.1) is 0 Å². The van der Waals surface area contributed by atoms with E-state index in [1.165, 1.54) is 19.2 Å². The maximum atomic E-state index is 13.5. The first kappa shape index (κ1) is 15.9. The van der Waals surface area contributed by atoms with Gasteiger partial charge in [0.2, 0.25) is 0 Å². The molecule has 1 aliphatic rings. The summed E-state index contributed by atoms with van der Waals surface area (Å²) in [4.78, 5) is 8.82. The molecule has 0 amide bonds. The fourth-order valence-corrected chi connectivity index (χ4v) is 3.20. The van der Waals surface area contributed by atoms with Crippen LogP contribution in [-0.2, 0) is 0 Å². The number of methoxy groups -OCH3 is 1. The standard InChI is InChI=1S/C18H16ClFN4O/c1-25-18-23-13-7-10(8-2-3-8)15(21)16(22)14(13)17(24-18)9-4-5-12(20)11(19)6-9/h4-8H,2-3,21-22H2,1H3. The molecule has 1 fully saturated rings. The van der Waals surface area contributed by atoms with Gasteiger partial charge in [0, 0.05) is 5.56 Å². The second-order valence-corrected chi connectivity index (χ2v) is 6.56. The molecule has 2 aromatic carbocycles. The number of benzene rings is 2. The smallest absolute Gasteiger partial charge is 0.317 e. The predicted molar refractivity (Wildman–Crippen MR) is 97.3 cm³/mol. The van der Waals surface area contributed by atoms with Crippen molar-refractivity contribution in [2.24, 2.45) is 0 Å². The second-order valence-electron chi connectivity index (χ2n) is 6.15. The number of halogens is 2. The third kappa shape index (κ3) is 2.62. The number of aromatic nitrogens is 2. The van der Waals surface area contributed by atoms with Crippen molar-refractivity contribution in [1.82, 2.24) is 9.97 Å². The minimum atomic E-state index is -0.501. The summed E-state index contributed by atoms with van der Waals surface area (Å²) < 4.78 is 18.8. The van der Waals surface area contributed by atoms with Crippen molar-refractivity contribution in [1.29, 1.82) is 0 Å². The van der Waals surface area contributed by atoms with Gasteiger partial charge < -0.3 is 16.2 Å². The molecule has 1 saturated carbocycles. The van der Waals surface area contributed by atoms with Crippen LogP contribution in [0.25, 0.3) is 22.2 Å². The first-order valence-corrected chi connectivity index (χ1v) is 8.26. The molecule has 1 aliphatic carbocycles. The van der Waals surface area contributed by atoms with Gasteiger partial charge in [-0.05, 0) is 48.6 Å². The van der Waals surface area contributed by atoms with E-state index in [0.717, 1.165) is 18.4 Å². The average molecular weight is 359 g/mol. The van der Waals surface area contributed by atoms with E-state index < -0.39 is 5.82 Å². The minimum Gasteiger partial charge on any atom is -0.467 e. The molecule has 4 rings (SSSR count). The fraction of sp³-hybridized carbons (Fsp3) is 0.222. The van der Waals surface area contributed by atoms with Crippen LogP contribution in [0.4, 0.5) is 15.8 Å². The summed E-state index contributed by atoms with van der Waals surface area (Å²) in [6.45, 7) is 0. The van der Waals surface area contributed by atoms with Gasteiger partial charge in [0.25, 0.3) is 0 Å². The Hall–Kier alpha value is -2.60. The summed E-state index contributed by atoms with van der Waals surface area (Å²) in [6.07, 6.45) is 2.19. The van der Waals surface area contributed by atoms with Crippen LogP contribution in [0.2, 0.25) is 5.02 Å². The Balaban J connectivity index is 2.05. The lowest BCUT2D eigenvalue weighted by molar-refractivity contribution is 0.382. The SMILES string of the molecule is COc1nc(-c2ccc(F)c(Cl)c2)c2c(N)c(N)c(C3CC3)cc2n1. The fourth-order valence-electron chi connectivity index (χ4n) is 3.02. The van der Waals surface area contributed by atoms with Crippen LogP contribution in [0.1, 0.15) is 24.3 Å². The number of ether oxygens (including phenoxy) is 1. The third-order valence-electron chi connectivity index (χ3n) is 4.47. The first-order chi connectivity index (χ1) is 12.0. The number of hydrogen-bond donors (Lipinski definition) is 2. The van der Waals surface area contributed by atoms with Crippen molar-refractivity contribution in [3.63, 3.8) is 0 Å². The minimum absolute atomic E-state index is 0.00405. The third-order valence-corrected chi connectivity index (χ3v) is 4.76. The van der Waals surface area contributed by atoms with Gasteiger partial charge in [0.05, 0.1) is 40.1 Å². The quantitative estimate of drug-likeness (QED) is 0.687. The zero-order chi connectivity index (χ0) is 17.7. The van der Waals surface area contributed by atoms with Crippen molar-refractivity contribution >= 4 is 33.9 Å². The number of hydrogen-bond acceptors (Lipinski definition) is 5. The van der Waals surface area contributed by atoms with Crippen LogP contribution in [0, 0.1) is 5.82 Å². The van der Waals surface area contributed by atoms with Gasteiger partial charge in [-0.1, -0.05) is 11.6 Å². The Kier molecular flexibility index (Phi) is 3.65. The van der Waals surface area contributed by atoms with Gasteiger partial charge in [-0.2, -0.15) is 9.97 Å². The summed E-state index contributed by atoms with van der Waals surface area (Å²) in [6, 6.07) is 6.53. The monoisotopic (exact) mass is 358 g/mol. The van der Waals surface area contributed by atoms with Crippen LogP contribution in [0.15, 0.2) is 24.3 Å². The number of rotatable bonds is 3. The van der Waals surface area contributed by atoms with Crippen molar-refractivity contribution in [3.05, 3.63) is 40.7 Å². The molecular weight excluding hydrogens is 343 g/mol. The van der Waals surface area contributed by atoms with Crippen LogP contribution < -0.4 is 16.2 Å². The zero-order valence-electron chi connectivity index (χ0n) is 13.5. The van der Waals surface area contributed by atoms with Crippen LogP contribution in [0.3, 0.4) is 0 Å². The number of nitrogens with zero attached hydrogens (tertiary/aromatic N) is 2. The lowest BCUT2D eigenvalue weighted by Gasteiger charge is -2.15. The molecule has 3 aromatic rings. The molecule has 1 heterocycles. The lowest BCUT2D eigenvalue weighted by atomic mass is 9.99. The van der Waals surface area contributed by atoms with E-state index in [0.29, 0.717) is 39.5 Å². The van der Waals surface area contributed by atoms with Gasteiger partial charge >= 0.3 is 6.01 Å². The van der Waals surface area contributed by atoms with Gasteiger partial charge in [0.15, 0.2) is 0 Å². The molecule has 0 radical (unpaired) electrons. The predicted octanol–water partition coefficient (Wildman–Crippen LogP) is 4.14. The average Bonchev–Trinajstić information content (AvgIpc) is 3.44. The number of nitrogens with two attached hydrogens (primary N) is 2. The van der Waals surface area contributed by atoms with Crippen LogP contribution in [0.5, 0.6) is 6.01 Å². The zero-order valence-corrected chi connectivity index (χ0v) is 14.3. The summed E-state index contributed by atoms with van der Waals surface area (Å²) >= 11 is 5.93. The molecule has 0 unspecified atom stereocenters. The molecule has 7 heteroatoms. The van der Waals surface area contributed by atoms with Crippen LogP contribution in [-0.4, -0.2) is 17.1 Å². The van der Waals surface area contributed by atoms with E-state index in [9.17, 15) is 4.39 Å². The summed E-state index contributed by atoms with van der Waals surface area (Å²) in [7, 11) is 1.49. The van der Waals surface area contributed by atoms with Crippen molar-refractivity contribution in [2.45, 2.75) is 18.8 Å². The molecule has 0 saturated heterocycles. The molecule has 0 bridgehead atoms. The molecule has 25 heavy (non-hydrogen) atoms. The van der Waals surface area contributed by atoms with E-state index in [-0.39, 0.29) is 11.0 Å². The second kappa shape index (κ2) is 5.74. The largest absolute Gasteiger partial charge is 0.467 e. The summed E-state index contributed by atoms with van der Waals surface area (Å²) in [5, 5.41) is 0.620. The van der Waals surface area contributed by atoms with Gasteiger partial charge in [-0.3, -0.25) is 0 Å². The molecule has 5 nitrogen and oxygen atoms in total.